The molecule has 0 spiro atoms. The van der Waals surface area contributed by atoms with E-state index in [1.54, 1.807) is 37.3 Å². The first-order valence-corrected chi connectivity index (χ1v) is 9.01. The van der Waals surface area contributed by atoms with Crippen LogP contribution in [0, 0.1) is 18.6 Å². The van der Waals surface area contributed by atoms with E-state index in [0.717, 1.165) is 12.1 Å². The van der Waals surface area contributed by atoms with E-state index in [2.05, 4.69) is 15.3 Å². The first-order valence-electron chi connectivity index (χ1n) is 9.01. The number of aromatic nitrogens is 3. The maximum Gasteiger partial charge on any atom is 0.258 e. The molecule has 1 N–H and O–H groups in total. The normalized spacial score (nSPS) is 10.6. The molecular weight excluding hydrogens is 390 g/mol. The summed E-state index contributed by atoms with van der Waals surface area (Å²) in [5.74, 6) is -0.248. The number of aryl methyl sites for hydroxylation is 1. The van der Waals surface area contributed by atoms with Crippen LogP contribution in [-0.2, 0) is 0 Å². The summed E-state index contributed by atoms with van der Waals surface area (Å²) in [5, 5.41) is 2.56. The average Bonchev–Trinajstić information content (AvgIpc) is 3.24. The molecule has 0 saturated heterocycles. The highest BCUT2D eigenvalue weighted by atomic mass is 19.1. The fourth-order valence-corrected chi connectivity index (χ4v) is 2.80. The zero-order chi connectivity index (χ0) is 21.1. The second kappa shape index (κ2) is 8.12. The number of halogens is 2. The molecule has 0 aliphatic heterocycles. The molecule has 150 valence electrons. The summed E-state index contributed by atoms with van der Waals surface area (Å²) in [6.45, 7) is 1.77. The molecule has 4 rings (SSSR count). The Kier molecular flexibility index (Phi) is 5.21. The number of anilines is 1. The van der Waals surface area contributed by atoms with Gasteiger partial charge in [-0.25, -0.2) is 13.8 Å². The van der Waals surface area contributed by atoms with Crippen molar-refractivity contribution in [2.75, 3.05) is 5.32 Å². The lowest BCUT2D eigenvalue weighted by molar-refractivity contribution is 0.102. The lowest BCUT2D eigenvalue weighted by Gasteiger charge is -2.10. The molecule has 0 unspecified atom stereocenters. The van der Waals surface area contributed by atoms with Crippen LogP contribution in [0.5, 0.6) is 11.6 Å². The predicted molar refractivity (Wildman–Crippen MR) is 107 cm³/mol. The predicted octanol–water partition coefficient (Wildman–Crippen LogP) is 4.90. The van der Waals surface area contributed by atoms with E-state index >= 15 is 0 Å². The van der Waals surface area contributed by atoms with Crippen LogP contribution in [0.1, 0.15) is 16.2 Å². The zero-order valence-electron chi connectivity index (χ0n) is 15.8. The Labute approximate surface area is 170 Å². The Morgan fingerprint density at radius 3 is 2.43 bits per heavy atom. The quantitative estimate of drug-likeness (QED) is 0.512. The molecule has 0 fully saturated rings. The Bertz CT molecular complexity index is 1190. The molecule has 0 aliphatic carbocycles. The number of nitrogens with one attached hydrogen (secondary N) is 1. The smallest absolute Gasteiger partial charge is 0.258 e. The SMILES string of the molecule is Cc1nc(Oc2ccc(NC(=O)c3ccc(F)cc3F)cc2)cc(-n2cccc2)n1. The number of carbonyl (C=O) groups is 1. The molecule has 2 heterocycles. The molecule has 2 aromatic heterocycles. The van der Waals surface area contributed by atoms with Crippen molar-refractivity contribution in [3.05, 3.63) is 96.1 Å². The van der Waals surface area contributed by atoms with Crippen molar-refractivity contribution in [3.63, 3.8) is 0 Å². The van der Waals surface area contributed by atoms with E-state index in [0.29, 0.717) is 35.0 Å². The molecule has 1 amide bonds. The Morgan fingerprint density at radius 2 is 1.73 bits per heavy atom. The third-order valence-electron chi connectivity index (χ3n) is 4.18. The van der Waals surface area contributed by atoms with Gasteiger partial charge in [0.25, 0.3) is 5.91 Å². The number of ether oxygens (including phenoxy) is 1. The summed E-state index contributed by atoms with van der Waals surface area (Å²) in [6.07, 6.45) is 3.74. The van der Waals surface area contributed by atoms with Crippen molar-refractivity contribution in [3.8, 4) is 17.4 Å². The number of hydrogen-bond donors (Lipinski definition) is 1. The van der Waals surface area contributed by atoms with Crippen LogP contribution in [0.25, 0.3) is 5.82 Å². The first-order chi connectivity index (χ1) is 14.5. The van der Waals surface area contributed by atoms with Gasteiger partial charge in [-0.2, -0.15) is 4.98 Å². The van der Waals surface area contributed by atoms with Crippen LogP contribution >= 0.6 is 0 Å². The van der Waals surface area contributed by atoms with Crippen molar-refractivity contribution < 1.29 is 18.3 Å². The third-order valence-corrected chi connectivity index (χ3v) is 4.18. The van der Waals surface area contributed by atoms with Crippen molar-refractivity contribution in [1.29, 1.82) is 0 Å². The van der Waals surface area contributed by atoms with Crippen LogP contribution in [0.15, 0.2) is 73.1 Å². The van der Waals surface area contributed by atoms with E-state index in [4.69, 9.17) is 4.74 Å². The molecule has 6 nitrogen and oxygen atoms in total. The summed E-state index contributed by atoms with van der Waals surface area (Å²) in [6, 6.07) is 14.8. The Balaban J connectivity index is 1.47. The maximum atomic E-state index is 13.7. The standard InChI is InChI=1S/C22H16F2N4O2/c1-14-25-20(28-10-2-3-11-28)13-21(26-14)30-17-7-5-16(6-8-17)27-22(29)18-9-4-15(23)12-19(18)24/h2-13H,1H3,(H,27,29). The van der Waals surface area contributed by atoms with Gasteiger partial charge in [0, 0.05) is 30.2 Å². The van der Waals surface area contributed by atoms with Crippen molar-refractivity contribution in [1.82, 2.24) is 14.5 Å². The molecule has 0 saturated carbocycles. The molecule has 2 aromatic carbocycles. The molecule has 8 heteroatoms. The van der Waals surface area contributed by atoms with Gasteiger partial charge in [0.2, 0.25) is 5.88 Å². The highest BCUT2D eigenvalue weighted by Gasteiger charge is 2.13. The zero-order valence-corrected chi connectivity index (χ0v) is 15.8. The molecular formula is C22H16F2N4O2. The van der Waals surface area contributed by atoms with Gasteiger partial charge in [0.15, 0.2) is 0 Å². The summed E-state index contributed by atoms with van der Waals surface area (Å²) in [4.78, 5) is 20.8. The van der Waals surface area contributed by atoms with E-state index in [1.165, 1.54) is 0 Å². The first kappa shape index (κ1) is 19.3. The molecule has 30 heavy (non-hydrogen) atoms. The summed E-state index contributed by atoms with van der Waals surface area (Å²) < 4.78 is 34.4. The minimum atomic E-state index is -0.926. The number of benzene rings is 2. The fraction of sp³-hybridized carbons (Fsp3) is 0.0455. The van der Waals surface area contributed by atoms with Gasteiger partial charge in [0.1, 0.15) is 29.0 Å². The van der Waals surface area contributed by atoms with Gasteiger partial charge in [-0.05, 0) is 55.5 Å². The van der Waals surface area contributed by atoms with Crippen LogP contribution in [0.4, 0.5) is 14.5 Å². The topological polar surface area (TPSA) is 69.0 Å². The van der Waals surface area contributed by atoms with Gasteiger partial charge in [-0.1, -0.05) is 0 Å². The van der Waals surface area contributed by atoms with Gasteiger partial charge in [-0.3, -0.25) is 4.79 Å². The Hall–Kier alpha value is -4.07. The van der Waals surface area contributed by atoms with Crippen LogP contribution in [0.2, 0.25) is 0 Å². The summed E-state index contributed by atoms with van der Waals surface area (Å²) in [7, 11) is 0. The average molecular weight is 406 g/mol. The molecule has 0 radical (unpaired) electrons. The van der Waals surface area contributed by atoms with E-state index in [1.807, 2.05) is 29.1 Å². The minimum absolute atomic E-state index is 0.245. The van der Waals surface area contributed by atoms with Crippen LogP contribution in [-0.4, -0.2) is 20.4 Å². The van der Waals surface area contributed by atoms with E-state index in [-0.39, 0.29) is 5.56 Å². The monoisotopic (exact) mass is 406 g/mol. The van der Waals surface area contributed by atoms with E-state index < -0.39 is 17.5 Å². The van der Waals surface area contributed by atoms with Crippen molar-refractivity contribution in [2.45, 2.75) is 6.92 Å². The van der Waals surface area contributed by atoms with Crippen molar-refractivity contribution in [2.24, 2.45) is 0 Å². The lowest BCUT2D eigenvalue weighted by Crippen LogP contribution is -2.13. The summed E-state index contributed by atoms with van der Waals surface area (Å²) in [5.41, 5.74) is 0.189. The van der Waals surface area contributed by atoms with Crippen LogP contribution in [0.3, 0.4) is 0 Å². The molecule has 0 bridgehead atoms. The van der Waals surface area contributed by atoms with E-state index in [9.17, 15) is 13.6 Å². The molecule has 4 aromatic rings. The Morgan fingerprint density at radius 1 is 1.00 bits per heavy atom. The van der Waals surface area contributed by atoms with Gasteiger partial charge >= 0.3 is 0 Å². The number of hydrogen-bond acceptors (Lipinski definition) is 4. The number of amides is 1. The minimum Gasteiger partial charge on any atom is -0.439 e. The molecule has 0 atom stereocenters. The highest BCUT2D eigenvalue weighted by Crippen LogP contribution is 2.23. The van der Waals surface area contributed by atoms with Gasteiger partial charge in [-0.15, -0.1) is 0 Å². The third kappa shape index (κ3) is 4.33. The van der Waals surface area contributed by atoms with Crippen LogP contribution < -0.4 is 10.1 Å². The van der Waals surface area contributed by atoms with Crippen molar-refractivity contribution >= 4 is 11.6 Å². The van der Waals surface area contributed by atoms with Gasteiger partial charge in [0.05, 0.1) is 5.56 Å². The second-order valence-corrected chi connectivity index (χ2v) is 6.41. The van der Waals surface area contributed by atoms with Gasteiger partial charge < -0.3 is 14.6 Å². The number of nitrogens with zero attached hydrogens (tertiary/aromatic N) is 3. The largest absolute Gasteiger partial charge is 0.439 e. The number of carbonyl (C=O) groups excluding carboxylic acids is 1. The fourth-order valence-electron chi connectivity index (χ4n) is 2.80. The second-order valence-electron chi connectivity index (χ2n) is 6.41. The highest BCUT2D eigenvalue weighted by molar-refractivity contribution is 6.04. The maximum absolute atomic E-state index is 13.7. The summed E-state index contributed by atoms with van der Waals surface area (Å²) >= 11 is 0. The number of rotatable bonds is 5. The molecule has 0 aliphatic rings. The lowest BCUT2D eigenvalue weighted by atomic mass is 10.2.